The Hall–Kier alpha value is -1.03. The van der Waals surface area contributed by atoms with Gasteiger partial charge in [0.1, 0.15) is 11.4 Å². The van der Waals surface area contributed by atoms with Crippen molar-refractivity contribution < 1.29 is 13.2 Å². The Kier molecular flexibility index (Phi) is 7.18. The van der Waals surface area contributed by atoms with Gasteiger partial charge in [0.05, 0.1) is 11.0 Å². The van der Waals surface area contributed by atoms with E-state index in [1.807, 2.05) is 0 Å². The van der Waals surface area contributed by atoms with E-state index in [1.165, 1.54) is 24.8 Å². The molecule has 1 fully saturated rings. The first kappa shape index (κ1) is 21.3. The van der Waals surface area contributed by atoms with Gasteiger partial charge in [-0.25, -0.2) is 8.42 Å². The number of aryl methyl sites for hydroxylation is 1. The van der Waals surface area contributed by atoms with E-state index in [2.05, 4.69) is 45.0 Å². The molecule has 0 aromatic heterocycles. The van der Waals surface area contributed by atoms with E-state index < -0.39 is 9.84 Å². The maximum Gasteiger partial charge on any atom is 0.152 e. The van der Waals surface area contributed by atoms with Crippen LogP contribution in [0.15, 0.2) is 24.3 Å². The average Bonchev–Trinajstić information content (AvgIpc) is 2.54. The van der Waals surface area contributed by atoms with Crippen LogP contribution in [0.1, 0.15) is 72.3 Å². The van der Waals surface area contributed by atoms with Crippen LogP contribution in [0.25, 0.3) is 0 Å². The second-order valence-electron chi connectivity index (χ2n) is 9.16. The maximum absolute atomic E-state index is 12.1. The van der Waals surface area contributed by atoms with Crippen LogP contribution in [-0.2, 0) is 16.3 Å². The molecule has 0 amide bonds. The third-order valence-electron chi connectivity index (χ3n) is 5.34. The van der Waals surface area contributed by atoms with E-state index in [-0.39, 0.29) is 10.9 Å². The van der Waals surface area contributed by atoms with E-state index in [1.54, 1.807) is 13.8 Å². The number of sulfone groups is 1. The van der Waals surface area contributed by atoms with Gasteiger partial charge in [-0.2, -0.15) is 0 Å². The molecule has 1 saturated carbocycles. The Balaban J connectivity index is 1.75. The Morgan fingerprint density at radius 1 is 1.00 bits per heavy atom. The Morgan fingerprint density at radius 3 is 2.04 bits per heavy atom. The molecule has 0 spiro atoms. The molecule has 1 aliphatic rings. The molecule has 0 radical (unpaired) electrons. The molecule has 0 saturated heterocycles. The van der Waals surface area contributed by atoms with Crippen LogP contribution in [0.4, 0.5) is 0 Å². The van der Waals surface area contributed by atoms with Crippen LogP contribution in [-0.4, -0.2) is 25.0 Å². The zero-order valence-corrected chi connectivity index (χ0v) is 17.9. The highest BCUT2D eigenvalue weighted by atomic mass is 32.2. The molecule has 0 atom stereocenters. The molecule has 0 heterocycles. The van der Waals surface area contributed by atoms with Crippen molar-refractivity contribution in [2.45, 2.75) is 84.0 Å². The zero-order valence-electron chi connectivity index (χ0n) is 17.1. The van der Waals surface area contributed by atoms with E-state index >= 15 is 0 Å². The fourth-order valence-electron chi connectivity index (χ4n) is 3.66. The number of ether oxygens (including phenoxy) is 1. The van der Waals surface area contributed by atoms with Gasteiger partial charge in [0.2, 0.25) is 0 Å². The first-order valence-electron chi connectivity index (χ1n) is 10.0. The topological polar surface area (TPSA) is 43.4 Å². The average molecular weight is 381 g/mol. The van der Waals surface area contributed by atoms with Crippen molar-refractivity contribution in [3.05, 3.63) is 29.8 Å². The molecule has 148 valence electrons. The van der Waals surface area contributed by atoms with Gasteiger partial charge >= 0.3 is 0 Å². The Bertz CT molecular complexity index is 646. The lowest BCUT2D eigenvalue weighted by Gasteiger charge is -2.29. The molecule has 0 bridgehead atoms. The first-order valence-corrected chi connectivity index (χ1v) is 11.8. The van der Waals surface area contributed by atoms with E-state index in [0.29, 0.717) is 11.7 Å². The van der Waals surface area contributed by atoms with Gasteiger partial charge < -0.3 is 4.74 Å². The third kappa shape index (κ3) is 6.94. The standard InChI is InChI=1S/C22H36O3S/c1-17(2)26(23,24)16-20-10-8-18(9-11-20)6-7-19-12-14-21(15-13-19)25-22(3,4)5/h12-15,17-18,20H,6-11,16H2,1-5H3. The van der Waals surface area contributed by atoms with Gasteiger partial charge in [-0.05, 0) is 89.8 Å². The summed E-state index contributed by atoms with van der Waals surface area (Å²) in [5, 5.41) is -0.245. The maximum atomic E-state index is 12.1. The zero-order chi connectivity index (χ0) is 19.4. The molecule has 26 heavy (non-hydrogen) atoms. The van der Waals surface area contributed by atoms with Crippen molar-refractivity contribution in [1.82, 2.24) is 0 Å². The van der Waals surface area contributed by atoms with Gasteiger partial charge in [-0.15, -0.1) is 0 Å². The van der Waals surface area contributed by atoms with E-state index in [0.717, 1.165) is 30.9 Å². The van der Waals surface area contributed by atoms with Crippen molar-refractivity contribution >= 4 is 9.84 Å². The lowest BCUT2D eigenvalue weighted by Crippen LogP contribution is -2.26. The smallest absolute Gasteiger partial charge is 0.152 e. The Labute approximate surface area is 160 Å². The second-order valence-corrected chi connectivity index (χ2v) is 11.8. The summed E-state index contributed by atoms with van der Waals surface area (Å²) in [6.45, 7) is 9.76. The van der Waals surface area contributed by atoms with Crippen LogP contribution < -0.4 is 4.74 Å². The SMILES string of the molecule is CC(C)S(=O)(=O)CC1CCC(CCc2ccc(OC(C)(C)C)cc2)CC1. The number of rotatable bonds is 7. The van der Waals surface area contributed by atoms with Gasteiger partial charge in [0.25, 0.3) is 0 Å². The molecule has 2 rings (SSSR count). The van der Waals surface area contributed by atoms with E-state index in [4.69, 9.17) is 4.74 Å². The molecule has 0 unspecified atom stereocenters. The highest BCUT2D eigenvalue weighted by molar-refractivity contribution is 7.91. The summed E-state index contributed by atoms with van der Waals surface area (Å²) in [6.07, 6.45) is 6.76. The monoisotopic (exact) mass is 380 g/mol. The predicted molar refractivity (Wildman–Crippen MR) is 110 cm³/mol. The van der Waals surface area contributed by atoms with Gasteiger partial charge in [-0.1, -0.05) is 25.0 Å². The molecule has 1 aromatic carbocycles. The number of benzene rings is 1. The number of hydrogen-bond donors (Lipinski definition) is 0. The van der Waals surface area contributed by atoms with Crippen LogP contribution in [0.5, 0.6) is 5.75 Å². The second kappa shape index (κ2) is 8.77. The lowest BCUT2D eigenvalue weighted by atomic mass is 9.80. The minimum absolute atomic E-state index is 0.163. The molecule has 0 N–H and O–H groups in total. The van der Waals surface area contributed by atoms with Crippen molar-refractivity contribution in [2.24, 2.45) is 11.8 Å². The molecule has 1 aliphatic carbocycles. The van der Waals surface area contributed by atoms with Crippen LogP contribution >= 0.6 is 0 Å². The molecule has 0 aliphatic heterocycles. The first-order chi connectivity index (χ1) is 12.0. The normalized spacial score (nSPS) is 21.8. The van der Waals surface area contributed by atoms with Gasteiger partial charge in [-0.3, -0.25) is 0 Å². The molecule has 3 nitrogen and oxygen atoms in total. The quantitative estimate of drug-likeness (QED) is 0.634. The molecule has 1 aromatic rings. The molecular weight excluding hydrogens is 344 g/mol. The number of hydrogen-bond acceptors (Lipinski definition) is 3. The molecule has 4 heteroatoms. The highest BCUT2D eigenvalue weighted by Gasteiger charge is 2.27. The summed E-state index contributed by atoms with van der Waals surface area (Å²) in [6, 6.07) is 8.46. The summed E-state index contributed by atoms with van der Waals surface area (Å²) < 4.78 is 30.1. The minimum atomic E-state index is -2.90. The van der Waals surface area contributed by atoms with Gasteiger partial charge in [0.15, 0.2) is 9.84 Å². The van der Waals surface area contributed by atoms with Crippen molar-refractivity contribution in [3.63, 3.8) is 0 Å². The largest absolute Gasteiger partial charge is 0.488 e. The fraction of sp³-hybridized carbons (Fsp3) is 0.727. The van der Waals surface area contributed by atoms with Crippen molar-refractivity contribution in [2.75, 3.05) is 5.75 Å². The summed E-state index contributed by atoms with van der Waals surface area (Å²) in [4.78, 5) is 0. The Morgan fingerprint density at radius 2 is 1.54 bits per heavy atom. The minimum Gasteiger partial charge on any atom is -0.488 e. The van der Waals surface area contributed by atoms with Crippen molar-refractivity contribution in [1.29, 1.82) is 0 Å². The van der Waals surface area contributed by atoms with Crippen molar-refractivity contribution in [3.8, 4) is 5.75 Å². The predicted octanol–water partition coefficient (Wildman–Crippen LogP) is 5.43. The summed E-state index contributed by atoms with van der Waals surface area (Å²) >= 11 is 0. The fourth-order valence-corrected chi connectivity index (χ4v) is 5.03. The third-order valence-corrected chi connectivity index (χ3v) is 7.71. The van der Waals surface area contributed by atoms with Crippen LogP contribution in [0.3, 0.4) is 0 Å². The van der Waals surface area contributed by atoms with Crippen LogP contribution in [0, 0.1) is 11.8 Å². The van der Waals surface area contributed by atoms with Crippen LogP contribution in [0.2, 0.25) is 0 Å². The molecular formula is C22H36O3S. The summed E-state index contributed by atoms with van der Waals surface area (Å²) in [7, 11) is -2.90. The van der Waals surface area contributed by atoms with E-state index in [9.17, 15) is 8.42 Å². The van der Waals surface area contributed by atoms with Gasteiger partial charge in [0, 0.05) is 0 Å². The highest BCUT2D eigenvalue weighted by Crippen LogP contribution is 2.33. The summed E-state index contributed by atoms with van der Waals surface area (Å²) in [5.41, 5.74) is 1.19. The lowest BCUT2D eigenvalue weighted by molar-refractivity contribution is 0.131. The summed E-state index contributed by atoms with van der Waals surface area (Å²) in [5.74, 6) is 2.41.